The lowest BCUT2D eigenvalue weighted by molar-refractivity contribution is -0.134. The molecule has 0 saturated carbocycles. The van der Waals surface area contributed by atoms with Crippen molar-refractivity contribution in [2.24, 2.45) is 5.92 Å². The van der Waals surface area contributed by atoms with Crippen LogP contribution in [-0.4, -0.2) is 69.6 Å². The zero-order valence-electron chi connectivity index (χ0n) is 22.3. The van der Waals surface area contributed by atoms with Crippen LogP contribution in [-0.2, 0) is 20.9 Å². The van der Waals surface area contributed by atoms with Gasteiger partial charge in [-0.05, 0) is 58.1 Å². The summed E-state index contributed by atoms with van der Waals surface area (Å²) in [4.78, 5) is 27.8. The van der Waals surface area contributed by atoms with Crippen molar-refractivity contribution >= 4 is 17.6 Å². The molecule has 212 valence electrons. The summed E-state index contributed by atoms with van der Waals surface area (Å²) >= 11 is 0. The smallest absolute Gasteiger partial charge is 0.251 e. The summed E-state index contributed by atoms with van der Waals surface area (Å²) < 4.78 is 46.8. The van der Waals surface area contributed by atoms with Crippen molar-refractivity contribution in [3.05, 3.63) is 47.9 Å². The number of benzene rings is 1. The molecule has 0 spiro atoms. The van der Waals surface area contributed by atoms with Crippen LogP contribution in [0.4, 0.5) is 14.6 Å². The predicted molar refractivity (Wildman–Crippen MR) is 137 cm³/mol. The number of nitrogens with one attached hydrogen (secondary N) is 1. The number of carbonyl (C=O) groups excluding carboxylic acids is 2. The molecule has 0 bridgehead atoms. The van der Waals surface area contributed by atoms with Crippen LogP contribution in [0.25, 0.3) is 0 Å². The van der Waals surface area contributed by atoms with Crippen LogP contribution < -0.4 is 14.8 Å². The maximum Gasteiger partial charge on any atom is 0.251 e. The molecule has 1 fully saturated rings. The minimum absolute atomic E-state index is 0.00526. The molecule has 1 atom stereocenters. The largest absolute Gasteiger partial charge is 0.491 e. The number of anilines is 1. The highest BCUT2D eigenvalue weighted by atomic mass is 19.1. The summed E-state index contributed by atoms with van der Waals surface area (Å²) in [7, 11) is 0. The Morgan fingerprint density at radius 3 is 2.72 bits per heavy atom. The molecule has 39 heavy (non-hydrogen) atoms. The number of halogens is 2. The Balaban J connectivity index is 1.51. The minimum atomic E-state index is -1.01. The topological polar surface area (TPSA) is 115 Å². The lowest BCUT2D eigenvalue weighted by Crippen LogP contribution is -2.47. The van der Waals surface area contributed by atoms with Crippen molar-refractivity contribution in [3.63, 3.8) is 0 Å². The summed E-state index contributed by atoms with van der Waals surface area (Å²) in [5, 5.41) is 17.1. The highest BCUT2D eigenvalue weighted by Gasteiger charge is 2.37. The fourth-order valence-electron chi connectivity index (χ4n) is 4.64. The van der Waals surface area contributed by atoms with E-state index in [-0.39, 0.29) is 42.9 Å². The average molecular weight is 549 g/mol. The summed E-state index contributed by atoms with van der Waals surface area (Å²) in [6.45, 7) is 6.34. The number of ether oxygens (including phenoxy) is 3. The van der Waals surface area contributed by atoms with Gasteiger partial charge < -0.3 is 29.5 Å². The second-order valence-corrected chi connectivity index (χ2v) is 10.3. The molecule has 2 aliphatic rings. The molecule has 0 aliphatic carbocycles. The molecule has 1 aromatic heterocycles. The molecule has 1 saturated heterocycles. The van der Waals surface area contributed by atoms with Crippen LogP contribution >= 0.6 is 0 Å². The van der Waals surface area contributed by atoms with E-state index in [2.05, 4.69) is 10.4 Å². The normalized spacial score (nSPS) is 17.2. The van der Waals surface area contributed by atoms with E-state index in [4.69, 9.17) is 14.2 Å². The fraction of sp³-hybridized carbons (Fsp3) is 0.519. The molecule has 1 unspecified atom stereocenters. The van der Waals surface area contributed by atoms with E-state index >= 15 is 0 Å². The second-order valence-electron chi connectivity index (χ2n) is 10.3. The summed E-state index contributed by atoms with van der Waals surface area (Å²) in [5.41, 5.74) is -0.996. The molecule has 2 N–H and O–H groups in total. The van der Waals surface area contributed by atoms with Crippen LogP contribution in [0.15, 0.2) is 36.2 Å². The Labute approximate surface area is 225 Å². The van der Waals surface area contributed by atoms with Crippen molar-refractivity contribution in [3.8, 4) is 11.5 Å². The van der Waals surface area contributed by atoms with Crippen molar-refractivity contribution in [1.29, 1.82) is 0 Å². The van der Waals surface area contributed by atoms with Crippen LogP contribution in [0.1, 0.15) is 40.0 Å². The molecule has 0 radical (unpaired) electrons. The molecule has 3 heterocycles. The third kappa shape index (κ3) is 7.33. The van der Waals surface area contributed by atoms with E-state index in [1.54, 1.807) is 33.0 Å². The molecule has 1 aromatic carbocycles. The number of amides is 2. The SMILES string of the molecule is CCOc1ccc(F)c(OC2=CC(=O)N(C(CC3CCOCC3)C(=O)Nc3ccn(CC(C)(C)O)n3)C2)c1F. The molecule has 2 amide bonds. The first-order valence-corrected chi connectivity index (χ1v) is 13.0. The van der Waals surface area contributed by atoms with Crippen LogP contribution in [0.2, 0.25) is 0 Å². The van der Waals surface area contributed by atoms with Crippen LogP contribution in [0.3, 0.4) is 0 Å². The maximum atomic E-state index is 14.8. The quantitative estimate of drug-likeness (QED) is 0.443. The van der Waals surface area contributed by atoms with Crippen molar-refractivity contribution < 1.29 is 37.7 Å². The van der Waals surface area contributed by atoms with E-state index in [9.17, 15) is 23.5 Å². The summed E-state index contributed by atoms with van der Waals surface area (Å²) in [6, 6.07) is 2.90. The van der Waals surface area contributed by atoms with E-state index in [0.717, 1.165) is 25.0 Å². The Morgan fingerprint density at radius 2 is 2.03 bits per heavy atom. The molecule has 4 rings (SSSR count). The Morgan fingerprint density at radius 1 is 1.28 bits per heavy atom. The van der Waals surface area contributed by atoms with Gasteiger partial charge in [-0.1, -0.05) is 0 Å². The van der Waals surface area contributed by atoms with E-state index in [1.807, 2.05) is 0 Å². The van der Waals surface area contributed by atoms with Gasteiger partial charge in [-0.15, -0.1) is 0 Å². The number of hydrogen-bond acceptors (Lipinski definition) is 7. The van der Waals surface area contributed by atoms with Crippen LogP contribution in [0.5, 0.6) is 11.5 Å². The maximum absolute atomic E-state index is 14.8. The predicted octanol–water partition coefficient (Wildman–Crippen LogP) is 3.26. The second kappa shape index (κ2) is 12.1. The highest BCUT2D eigenvalue weighted by Crippen LogP contribution is 2.33. The molecule has 12 heteroatoms. The molecular formula is C27H34F2N4O6. The van der Waals surface area contributed by atoms with Gasteiger partial charge in [0.05, 0.1) is 25.3 Å². The van der Waals surface area contributed by atoms with Gasteiger partial charge in [0.2, 0.25) is 17.5 Å². The van der Waals surface area contributed by atoms with E-state index in [0.29, 0.717) is 19.6 Å². The number of rotatable bonds is 11. The third-order valence-corrected chi connectivity index (χ3v) is 6.46. The van der Waals surface area contributed by atoms with Gasteiger partial charge in [-0.2, -0.15) is 9.49 Å². The fourth-order valence-corrected chi connectivity index (χ4v) is 4.64. The van der Waals surface area contributed by atoms with Gasteiger partial charge in [0.25, 0.3) is 5.91 Å². The number of aliphatic hydroxyl groups is 1. The third-order valence-electron chi connectivity index (χ3n) is 6.46. The summed E-state index contributed by atoms with van der Waals surface area (Å²) in [6.07, 6.45) is 4.62. The summed E-state index contributed by atoms with van der Waals surface area (Å²) in [5.74, 6) is -3.35. The van der Waals surface area contributed by atoms with Crippen molar-refractivity contribution in [1.82, 2.24) is 14.7 Å². The van der Waals surface area contributed by atoms with E-state index in [1.165, 1.54) is 15.6 Å². The molecule has 2 aromatic rings. The first-order chi connectivity index (χ1) is 18.5. The number of hydrogen-bond donors (Lipinski definition) is 2. The lowest BCUT2D eigenvalue weighted by atomic mass is 9.91. The molecule has 2 aliphatic heterocycles. The monoisotopic (exact) mass is 548 g/mol. The van der Waals surface area contributed by atoms with Gasteiger partial charge in [-0.25, -0.2) is 4.39 Å². The number of carbonyl (C=O) groups is 2. The van der Waals surface area contributed by atoms with Crippen molar-refractivity contribution in [2.75, 3.05) is 31.7 Å². The Bertz CT molecular complexity index is 1220. The van der Waals surface area contributed by atoms with Gasteiger partial charge in [0.15, 0.2) is 17.4 Å². The molecule has 10 nitrogen and oxygen atoms in total. The number of aromatic nitrogens is 2. The molecular weight excluding hydrogens is 514 g/mol. The zero-order valence-corrected chi connectivity index (χ0v) is 22.3. The van der Waals surface area contributed by atoms with Crippen LogP contribution in [0, 0.1) is 17.6 Å². The first kappa shape index (κ1) is 28.5. The highest BCUT2D eigenvalue weighted by molar-refractivity contribution is 5.99. The zero-order chi connectivity index (χ0) is 28.2. The van der Waals surface area contributed by atoms with Gasteiger partial charge in [-0.3, -0.25) is 14.3 Å². The van der Waals surface area contributed by atoms with Gasteiger partial charge in [0.1, 0.15) is 11.8 Å². The Hall–Kier alpha value is -3.51. The minimum Gasteiger partial charge on any atom is -0.491 e. The van der Waals surface area contributed by atoms with Gasteiger partial charge >= 0.3 is 0 Å². The van der Waals surface area contributed by atoms with Gasteiger partial charge in [0, 0.05) is 31.6 Å². The van der Waals surface area contributed by atoms with E-state index < -0.39 is 40.8 Å². The first-order valence-electron chi connectivity index (χ1n) is 13.0. The average Bonchev–Trinajstić information content (AvgIpc) is 3.46. The van der Waals surface area contributed by atoms with Crippen molar-refractivity contribution in [2.45, 2.75) is 58.2 Å². The standard InChI is InChI=1S/C27H34F2N4O6/c1-4-38-21-6-5-19(28)25(24(21)29)39-18-14-23(34)33(15-18)20(13-17-8-11-37-12-9-17)26(35)30-22-7-10-32(31-22)16-27(2,3)36/h5-7,10,14,17,20,36H,4,8-9,11-13,15-16H2,1-3H3,(H,30,31,35). The lowest BCUT2D eigenvalue weighted by Gasteiger charge is -2.31. The number of nitrogens with zero attached hydrogens (tertiary/aromatic N) is 3. The Kier molecular flexibility index (Phi) is 8.86.